The molecular formula is C15H22N4O3S. The van der Waals surface area contributed by atoms with Crippen molar-refractivity contribution in [1.29, 1.82) is 0 Å². The lowest BCUT2D eigenvalue weighted by molar-refractivity contribution is 0.288. The van der Waals surface area contributed by atoms with E-state index in [1.807, 2.05) is 16.9 Å². The van der Waals surface area contributed by atoms with E-state index in [1.54, 1.807) is 18.3 Å². The molecule has 0 amide bonds. The molecule has 0 radical (unpaired) electrons. The highest BCUT2D eigenvalue weighted by atomic mass is 32.2. The molecule has 1 heterocycles. The molecule has 2 atom stereocenters. The first-order chi connectivity index (χ1) is 10.9. The molecular weight excluding hydrogens is 316 g/mol. The van der Waals surface area contributed by atoms with Gasteiger partial charge in [0.25, 0.3) is 0 Å². The number of nitrogens with zero attached hydrogens (tertiary/aromatic N) is 2. The molecule has 2 aromatic rings. The van der Waals surface area contributed by atoms with Gasteiger partial charge in [0.2, 0.25) is 10.0 Å². The zero-order chi connectivity index (χ0) is 16.9. The van der Waals surface area contributed by atoms with Crippen molar-refractivity contribution in [2.24, 2.45) is 5.14 Å². The maximum Gasteiger partial charge on any atom is 0.238 e. The average Bonchev–Trinajstić information content (AvgIpc) is 3.04. The van der Waals surface area contributed by atoms with Gasteiger partial charge in [0, 0.05) is 25.0 Å². The Hall–Kier alpha value is -1.90. The smallest absolute Gasteiger partial charge is 0.238 e. The predicted molar refractivity (Wildman–Crippen MR) is 87.7 cm³/mol. The van der Waals surface area contributed by atoms with Gasteiger partial charge in [-0.25, -0.2) is 13.6 Å². The number of nitrogens with two attached hydrogens (primary N) is 1. The van der Waals surface area contributed by atoms with Gasteiger partial charge >= 0.3 is 0 Å². The van der Waals surface area contributed by atoms with Crippen LogP contribution in [0.3, 0.4) is 0 Å². The molecule has 23 heavy (non-hydrogen) atoms. The first kappa shape index (κ1) is 17.5. The van der Waals surface area contributed by atoms with Gasteiger partial charge in [0.05, 0.1) is 10.9 Å². The van der Waals surface area contributed by atoms with Gasteiger partial charge in [0.1, 0.15) is 12.4 Å². The van der Waals surface area contributed by atoms with Gasteiger partial charge < -0.3 is 10.1 Å². The van der Waals surface area contributed by atoms with Crippen molar-refractivity contribution in [3.63, 3.8) is 0 Å². The van der Waals surface area contributed by atoms with Crippen LogP contribution in [0.25, 0.3) is 0 Å². The molecule has 3 N–H and O–H groups in total. The summed E-state index contributed by atoms with van der Waals surface area (Å²) in [5.74, 6) is 0.604. The van der Waals surface area contributed by atoms with Crippen LogP contribution < -0.4 is 15.2 Å². The summed E-state index contributed by atoms with van der Waals surface area (Å²) in [6, 6.07) is 8.42. The van der Waals surface area contributed by atoms with Crippen molar-refractivity contribution in [3.05, 3.63) is 42.7 Å². The van der Waals surface area contributed by atoms with Gasteiger partial charge in [0.15, 0.2) is 0 Å². The largest absolute Gasteiger partial charge is 0.492 e. The molecule has 0 saturated carbocycles. The summed E-state index contributed by atoms with van der Waals surface area (Å²) >= 11 is 0. The number of benzene rings is 1. The highest BCUT2D eigenvalue weighted by Crippen LogP contribution is 2.14. The third-order valence-corrected chi connectivity index (χ3v) is 4.58. The van der Waals surface area contributed by atoms with Gasteiger partial charge in [-0.15, -0.1) is 0 Å². The van der Waals surface area contributed by atoms with Crippen LogP contribution in [0.5, 0.6) is 5.75 Å². The Balaban J connectivity index is 1.75. The third kappa shape index (κ3) is 5.05. The van der Waals surface area contributed by atoms with Crippen LogP contribution in [0.2, 0.25) is 0 Å². The number of aromatic nitrogens is 2. The van der Waals surface area contributed by atoms with Crippen LogP contribution in [0.1, 0.15) is 19.9 Å². The zero-order valence-corrected chi connectivity index (χ0v) is 14.0. The molecule has 8 heteroatoms. The SMILES string of the molecule is CC(NCCOc1ccc(S(N)(=O)=O)cc1)C(C)n1cccn1. The first-order valence-corrected chi connectivity index (χ1v) is 8.91. The minimum Gasteiger partial charge on any atom is -0.492 e. The van der Waals surface area contributed by atoms with E-state index in [0.29, 0.717) is 18.9 Å². The van der Waals surface area contributed by atoms with Crippen molar-refractivity contribution >= 4 is 10.0 Å². The summed E-state index contributed by atoms with van der Waals surface area (Å²) in [6.45, 7) is 5.33. The van der Waals surface area contributed by atoms with Crippen molar-refractivity contribution in [2.45, 2.75) is 30.8 Å². The van der Waals surface area contributed by atoms with Gasteiger partial charge in [-0.1, -0.05) is 0 Å². The third-order valence-electron chi connectivity index (χ3n) is 3.66. The van der Waals surface area contributed by atoms with E-state index in [4.69, 9.17) is 9.88 Å². The van der Waals surface area contributed by atoms with E-state index in [9.17, 15) is 8.42 Å². The second-order valence-corrected chi connectivity index (χ2v) is 6.90. The van der Waals surface area contributed by atoms with E-state index in [2.05, 4.69) is 24.3 Å². The highest BCUT2D eigenvalue weighted by Gasteiger charge is 2.13. The Morgan fingerprint density at radius 1 is 1.30 bits per heavy atom. The van der Waals surface area contributed by atoms with E-state index in [1.165, 1.54) is 12.1 Å². The summed E-state index contributed by atoms with van der Waals surface area (Å²) in [4.78, 5) is 0.0737. The minimum atomic E-state index is -3.66. The fourth-order valence-corrected chi connectivity index (χ4v) is 2.62. The molecule has 0 aliphatic heterocycles. The molecule has 0 aliphatic carbocycles. The molecule has 7 nitrogen and oxygen atoms in total. The number of hydrogen-bond acceptors (Lipinski definition) is 5. The summed E-state index contributed by atoms with van der Waals surface area (Å²) in [5.41, 5.74) is 0. The number of rotatable bonds is 8. The Morgan fingerprint density at radius 2 is 2.00 bits per heavy atom. The van der Waals surface area contributed by atoms with Crippen LogP contribution in [0.4, 0.5) is 0 Å². The van der Waals surface area contributed by atoms with Crippen molar-refractivity contribution < 1.29 is 13.2 Å². The van der Waals surface area contributed by atoms with E-state index >= 15 is 0 Å². The van der Waals surface area contributed by atoms with Crippen molar-refractivity contribution in [3.8, 4) is 5.75 Å². The van der Waals surface area contributed by atoms with Crippen LogP contribution in [-0.2, 0) is 10.0 Å². The fraction of sp³-hybridized carbons (Fsp3) is 0.400. The van der Waals surface area contributed by atoms with E-state index in [-0.39, 0.29) is 17.0 Å². The molecule has 2 rings (SSSR count). The Kier molecular flexibility index (Phi) is 5.75. The summed E-state index contributed by atoms with van der Waals surface area (Å²) in [7, 11) is -3.66. The molecule has 126 valence electrons. The van der Waals surface area contributed by atoms with Gasteiger partial charge in [-0.3, -0.25) is 4.68 Å². The molecule has 0 saturated heterocycles. The van der Waals surface area contributed by atoms with Crippen LogP contribution in [0, 0.1) is 0 Å². The number of ether oxygens (including phenoxy) is 1. The number of primary sulfonamides is 1. The Bertz CT molecular complexity index is 699. The molecule has 1 aromatic carbocycles. The summed E-state index contributed by atoms with van der Waals surface area (Å²) in [5, 5.41) is 12.6. The van der Waals surface area contributed by atoms with Crippen molar-refractivity contribution in [2.75, 3.05) is 13.2 Å². The topological polar surface area (TPSA) is 99.2 Å². The minimum absolute atomic E-state index is 0.0737. The number of sulfonamides is 1. The number of hydrogen-bond donors (Lipinski definition) is 2. The monoisotopic (exact) mass is 338 g/mol. The molecule has 0 bridgehead atoms. The summed E-state index contributed by atoms with van der Waals surface area (Å²) in [6.07, 6.45) is 3.70. The Labute approximate surface area is 136 Å². The fourth-order valence-electron chi connectivity index (χ4n) is 2.10. The Morgan fingerprint density at radius 3 is 2.57 bits per heavy atom. The maximum atomic E-state index is 11.2. The second-order valence-electron chi connectivity index (χ2n) is 5.33. The molecule has 2 unspecified atom stereocenters. The van der Waals surface area contributed by atoms with Gasteiger partial charge in [-0.05, 0) is 44.2 Å². The average molecular weight is 338 g/mol. The lowest BCUT2D eigenvalue weighted by atomic mass is 10.2. The molecule has 0 spiro atoms. The van der Waals surface area contributed by atoms with E-state index in [0.717, 1.165) is 0 Å². The maximum absolute atomic E-state index is 11.2. The van der Waals surface area contributed by atoms with Crippen LogP contribution in [0.15, 0.2) is 47.6 Å². The normalized spacial score (nSPS) is 14.4. The lowest BCUT2D eigenvalue weighted by Gasteiger charge is -2.21. The first-order valence-electron chi connectivity index (χ1n) is 7.36. The lowest BCUT2D eigenvalue weighted by Crippen LogP contribution is -2.36. The van der Waals surface area contributed by atoms with Crippen molar-refractivity contribution in [1.82, 2.24) is 15.1 Å². The summed E-state index contributed by atoms with van der Waals surface area (Å²) < 4.78 is 29.8. The zero-order valence-electron chi connectivity index (χ0n) is 13.2. The molecule has 0 aliphatic rings. The molecule has 0 fully saturated rings. The van der Waals surface area contributed by atoms with E-state index < -0.39 is 10.0 Å². The quantitative estimate of drug-likeness (QED) is 0.703. The van der Waals surface area contributed by atoms with Crippen LogP contribution >= 0.6 is 0 Å². The molecule has 1 aromatic heterocycles. The van der Waals surface area contributed by atoms with Crippen LogP contribution in [-0.4, -0.2) is 37.4 Å². The van der Waals surface area contributed by atoms with Gasteiger partial charge in [-0.2, -0.15) is 5.10 Å². The predicted octanol–water partition coefficient (Wildman–Crippen LogP) is 1.15. The standard InChI is InChI=1S/C15H22N4O3S/c1-12(13(2)19-10-3-8-18-19)17-9-11-22-14-4-6-15(7-5-14)23(16,20)21/h3-8,10,12-13,17H,9,11H2,1-2H3,(H2,16,20,21). The number of nitrogens with one attached hydrogen (secondary N) is 1. The second kappa shape index (κ2) is 7.58. The highest BCUT2D eigenvalue weighted by molar-refractivity contribution is 7.89.